The minimum Gasteiger partial charge on any atom is -0.301 e. The van der Waals surface area contributed by atoms with Gasteiger partial charge in [0.15, 0.2) is 5.13 Å². The highest BCUT2D eigenvalue weighted by Gasteiger charge is 2.06. The predicted octanol–water partition coefficient (Wildman–Crippen LogP) is 3.98. The molecule has 3 nitrogen and oxygen atoms in total. The summed E-state index contributed by atoms with van der Waals surface area (Å²) in [5, 5.41) is 6.08. The standard InChI is InChI=1S/C13H13ClN2OS2/c1-9-6-19-13(15-9)16-12(17)8-18-7-10-4-2-3-5-11(10)14/h2-6H,7-8H2,1H3,(H,15,16,17). The molecule has 100 valence electrons. The Morgan fingerprint density at radius 1 is 1.47 bits per heavy atom. The first-order chi connectivity index (χ1) is 9.15. The first kappa shape index (κ1) is 14.4. The molecule has 1 aromatic heterocycles. The lowest BCUT2D eigenvalue weighted by Gasteiger charge is -2.04. The molecule has 1 amide bonds. The van der Waals surface area contributed by atoms with E-state index in [1.54, 1.807) is 0 Å². The number of hydrogen-bond donors (Lipinski definition) is 1. The van der Waals surface area contributed by atoms with Gasteiger partial charge in [-0.15, -0.1) is 23.1 Å². The van der Waals surface area contributed by atoms with Crippen LogP contribution in [0.25, 0.3) is 0 Å². The summed E-state index contributed by atoms with van der Waals surface area (Å²) in [5.41, 5.74) is 1.97. The third-order valence-electron chi connectivity index (χ3n) is 2.31. The van der Waals surface area contributed by atoms with Crippen LogP contribution in [0.4, 0.5) is 5.13 Å². The number of anilines is 1. The fraction of sp³-hybridized carbons (Fsp3) is 0.231. The highest BCUT2D eigenvalue weighted by atomic mass is 35.5. The molecule has 1 aromatic carbocycles. The van der Waals surface area contributed by atoms with Crippen LogP contribution in [0.2, 0.25) is 5.02 Å². The number of amides is 1. The van der Waals surface area contributed by atoms with Gasteiger partial charge >= 0.3 is 0 Å². The molecule has 0 atom stereocenters. The molecular formula is C13H13ClN2OS2. The number of thiazole rings is 1. The lowest BCUT2D eigenvalue weighted by Crippen LogP contribution is -2.14. The van der Waals surface area contributed by atoms with E-state index in [1.165, 1.54) is 23.1 Å². The summed E-state index contributed by atoms with van der Waals surface area (Å²) in [5.74, 6) is 1.08. The summed E-state index contributed by atoms with van der Waals surface area (Å²) < 4.78 is 0. The molecule has 0 spiro atoms. The van der Waals surface area contributed by atoms with Crippen LogP contribution in [0.3, 0.4) is 0 Å². The van der Waals surface area contributed by atoms with Crippen LogP contribution in [0.5, 0.6) is 0 Å². The van der Waals surface area contributed by atoms with Crippen LogP contribution in [0.1, 0.15) is 11.3 Å². The summed E-state index contributed by atoms with van der Waals surface area (Å²) >= 11 is 9.02. The van der Waals surface area contributed by atoms with Gasteiger partial charge in [-0.2, -0.15) is 0 Å². The molecule has 0 aliphatic heterocycles. The van der Waals surface area contributed by atoms with Crippen molar-refractivity contribution in [2.24, 2.45) is 0 Å². The van der Waals surface area contributed by atoms with E-state index in [1.807, 2.05) is 36.6 Å². The second-order valence-corrected chi connectivity index (χ2v) is 6.18. The van der Waals surface area contributed by atoms with Crippen molar-refractivity contribution >= 4 is 45.7 Å². The van der Waals surface area contributed by atoms with Crippen LogP contribution in [0, 0.1) is 6.92 Å². The van der Waals surface area contributed by atoms with E-state index in [9.17, 15) is 4.79 Å². The highest BCUT2D eigenvalue weighted by molar-refractivity contribution is 7.99. The van der Waals surface area contributed by atoms with Gasteiger partial charge in [0, 0.05) is 16.2 Å². The Hall–Kier alpha value is -1.04. The average molecular weight is 313 g/mol. The van der Waals surface area contributed by atoms with E-state index in [0.717, 1.165) is 22.0 Å². The van der Waals surface area contributed by atoms with Crippen LogP contribution < -0.4 is 5.32 Å². The molecule has 0 radical (unpaired) electrons. The molecule has 0 bridgehead atoms. The fourth-order valence-corrected chi connectivity index (χ4v) is 3.25. The number of rotatable bonds is 5. The van der Waals surface area contributed by atoms with Crippen LogP contribution >= 0.6 is 34.7 Å². The summed E-state index contributed by atoms with van der Waals surface area (Å²) in [4.78, 5) is 15.9. The second kappa shape index (κ2) is 6.93. The van der Waals surface area contributed by atoms with Crippen LogP contribution in [0.15, 0.2) is 29.6 Å². The van der Waals surface area contributed by atoms with E-state index in [2.05, 4.69) is 10.3 Å². The molecule has 2 aromatic rings. The fourth-order valence-electron chi connectivity index (χ4n) is 1.44. The lowest BCUT2D eigenvalue weighted by atomic mass is 10.2. The van der Waals surface area contributed by atoms with Gasteiger partial charge in [-0.3, -0.25) is 4.79 Å². The van der Waals surface area contributed by atoms with Crippen LogP contribution in [-0.4, -0.2) is 16.6 Å². The third kappa shape index (κ3) is 4.53. The first-order valence-electron chi connectivity index (χ1n) is 5.68. The molecule has 0 saturated heterocycles. The van der Waals surface area contributed by atoms with Gasteiger partial charge in [0.25, 0.3) is 0 Å². The molecule has 1 heterocycles. The Bertz CT molecular complexity index is 571. The zero-order valence-electron chi connectivity index (χ0n) is 10.4. The van der Waals surface area contributed by atoms with Crippen molar-refractivity contribution in [3.8, 4) is 0 Å². The molecule has 6 heteroatoms. The van der Waals surface area contributed by atoms with Gasteiger partial charge < -0.3 is 5.32 Å². The maximum Gasteiger partial charge on any atom is 0.236 e. The molecule has 1 N–H and O–H groups in total. The summed E-state index contributed by atoms with van der Waals surface area (Å²) in [7, 11) is 0. The van der Waals surface area contributed by atoms with Crippen LogP contribution in [-0.2, 0) is 10.5 Å². The van der Waals surface area contributed by atoms with E-state index in [4.69, 9.17) is 11.6 Å². The van der Waals surface area contributed by atoms with E-state index in [-0.39, 0.29) is 5.91 Å². The number of aryl methyl sites for hydroxylation is 1. The number of aromatic nitrogens is 1. The predicted molar refractivity (Wildman–Crippen MR) is 83.1 cm³/mol. The number of hydrogen-bond acceptors (Lipinski definition) is 4. The number of nitrogens with one attached hydrogen (secondary N) is 1. The SMILES string of the molecule is Cc1csc(NC(=O)CSCc2ccccc2Cl)n1. The van der Waals surface area contributed by atoms with E-state index < -0.39 is 0 Å². The quantitative estimate of drug-likeness (QED) is 0.908. The van der Waals surface area contributed by atoms with Gasteiger partial charge in [-0.25, -0.2) is 4.98 Å². The Kier molecular flexibility index (Phi) is 5.24. The molecule has 2 rings (SSSR count). The van der Waals surface area contributed by atoms with E-state index >= 15 is 0 Å². The second-order valence-electron chi connectivity index (χ2n) is 3.93. The minimum atomic E-state index is -0.0357. The minimum absolute atomic E-state index is 0.0357. The lowest BCUT2D eigenvalue weighted by molar-refractivity contribution is -0.113. The highest BCUT2D eigenvalue weighted by Crippen LogP contribution is 2.21. The maximum atomic E-state index is 11.7. The van der Waals surface area contributed by atoms with E-state index in [0.29, 0.717) is 10.9 Å². The Morgan fingerprint density at radius 2 is 2.26 bits per heavy atom. The number of halogens is 1. The first-order valence-corrected chi connectivity index (χ1v) is 8.09. The number of thioether (sulfide) groups is 1. The monoisotopic (exact) mass is 312 g/mol. The summed E-state index contributed by atoms with van der Waals surface area (Å²) in [6.07, 6.45) is 0. The molecule has 0 fully saturated rings. The Labute approximate surface area is 125 Å². The molecular weight excluding hydrogens is 300 g/mol. The number of carbonyl (C=O) groups excluding carboxylic acids is 1. The van der Waals surface area contributed by atoms with Gasteiger partial charge in [0.05, 0.1) is 11.4 Å². The van der Waals surface area contributed by atoms with Gasteiger partial charge in [0.1, 0.15) is 0 Å². The van der Waals surface area contributed by atoms with Gasteiger partial charge in [-0.05, 0) is 18.6 Å². The summed E-state index contributed by atoms with van der Waals surface area (Å²) in [6.45, 7) is 1.90. The molecule has 19 heavy (non-hydrogen) atoms. The number of nitrogens with zero attached hydrogens (tertiary/aromatic N) is 1. The topological polar surface area (TPSA) is 42.0 Å². The van der Waals surface area contributed by atoms with Crippen molar-refractivity contribution in [1.82, 2.24) is 4.98 Å². The Balaban J connectivity index is 1.77. The van der Waals surface area contributed by atoms with Crippen molar-refractivity contribution in [1.29, 1.82) is 0 Å². The maximum absolute atomic E-state index is 11.7. The number of carbonyl (C=O) groups is 1. The number of benzene rings is 1. The zero-order chi connectivity index (χ0) is 13.7. The molecule has 0 aliphatic carbocycles. The molecule has 0 saturated carbocycles. The van der Waals surface area contributed by atoms with Crippen molar-refractivity contribution < 1.29 is 4.79 Å². The third-order valence-corrected chi connectivity index (χ3v) is 4.54. The normalized spacial score (nSPS) is 10.4. The van der Waals surface area contributed by atoms with Crippen molar-refractivity contribution in [3.05, 3.63) is 45.9 Å². The summed E-state index contributed by atoms with van der Waals surface area (Å²) in [6, 6.07) is 7.67. The molecule has 0 unspecified atom stereocenters. The van der Waals surface area contributed by atoms with Gasteiger partial charge in [-0.1, -0.05) is 29.8 Å². The van der Waals surface area contributed by atoms with Gasteiger partial charge in [0.2, 0.25) is 5.91 Å². The zero-order valence-corrected chi connectivity index (χ0v) is 12.7. The average Bonchev–Trinajstić information content (AvgIpc) is 2.77. The molecule has 0 aliphatic rings. The van der Waals surface area contributed by atoms with Crippen molar-refractivity contribution in [3.63, 3.8) is 0 Å². The largest absolute Gasteiger partial charge is 0.301 e. The Morgan fingerprint density at radius 3 is 2.95 bits per heavy atom. The smallest absolute Gasteiger partial charge is 0.236 e. The van der Waals surface area contributed by atoms with Crippen molar-refractivity contribution in [2.45, 2.75) is 12.7 Å². The van der Waals surface area contributed by atoms with Crippen molar-refractivity contribution in [2.75, 3.05) is 11.1 Å².